The molecule has 5 nitrogen and oxygen atoms in total. The van der Waals surface area contributed by atoms with Gasteiger partial charge >= 0.3 is 0 Å². The van der Waals surface area contributed by atoms with Crippen LogP contribution in [0.1, 0.15) is 19.4 Å². The highest BCUT2D eigenvalue weighted by molar-refractivity contribution is 5.93. The van der Waals surface area contributed by atoms with Crippen LogP contribution in [0.2, 0.25) is 0 Å². The lowest BCUT2D eigenvalue weighted by Gasteiger charge is -2.12. The normalized spacial score (nSPS) is 10.7. The number of pyridine rings is 1. The number of nitrogens with zero attached hydrogens (tertiary/aromatic N) is 1. The van der Waals surface area contributed by atoms with Gasteiger partial charge in [0.25, 0.3) is 5.88 Å². The summed E-state index contributed by atoms with van der Waals surface area (Å²) in [5.41, 5.74) is 6.30. The summed E-state index contributed by atoms with van der Waals surface area (Å²) in [6.45, 7) is 3.42. The Labute approximate surface area is 132 Å². The number of rotatable bonds is 5. The molecule has 1 aromatic heterocycles. The molecule has 0 unspecified atom stereocenters. The summed E-state index contributed by atoms with van der Waals surface area (Å²) in [4.78, 5) is 15.6. The Morgan fingerprint density at radius 1 is 1.30 bits per heavy atom. The number of nitrogen functional groups attached to an aromatic ring is 1. The monoisotopic (exact) mass is 321 g/mol. The molecule has 0 fully saturated rings. The first-order valence-corrected chi connectivity index (χ1v) is 7.01. The van der Waals surface area contributed by atoms with Crippen LogP contribution in [-0.4, -0.2) is 10.9 Å². The Hall–Kier alpha value is -2.70. The van der Waals surface area contributed by atoms with Crippen LogP contribution in [0.5, 0.6) is 5.88 Å². The molecule has 122 valence electrons. The van der Waals surface area contributed by atoms with E-state index in [2.05, 4.69) is 10.3 Å². The average Bonchev–Trinajstić information content (AvgIpc) is 2.50. The highest BCUT2D eigenvalue weighted by Crippen LogP contribution is 2.25. The van der Waals surface area contributed by atoms with Crippen molar-refractivity contribution in [1.29, 1.82) is 0 Å². The molecule has 0 spiro atoms. The molecule has 1 aromatic carbocycles. The summed E-state index contributed by atoms with van der Waals surface area (Å²) in [5, 5.41) is 2.51. The molecule has 0 aliphatic carbocycles. The largest absolute Gasteiger partial charge is 0.471 e. The smallest absolute Gasteiger partial charge is 0.252 e. The number of nitrogens with one attached hydrogen (secondary N) is 1. The van der Waals surface area contributed by atoms with Gasteiger partial charge < -0.3 is 15.8 Å². The number of aromatic nitrogens is 1. The van der Waals surface area contributed by atoms with E-state index in [-0.39, 0.29) is 41.6 Å². The molecule has 2 aromatic rings. The molecule has 0 saturated heterocycles. The molecule has 0 bridgehead atoms. The van der Waals surface area contributed by atoms with E-state index in [0.29, 0.717) is 5.56 Å². The van der Waals surface area contributed by atoms with Gasteiger partial charge in [0.1, 0.15) is 12.4 Å². The minimum absolute atomic E-state index is 0.00521. The number of anilines is 2. The van der Waals surface area contributed by atoms with Gasteiger partial charge in [0.15, 0.2) is 11.6 Å². The van der Waals surface area contributed by atoms with E-state index in [4.69, 9.17) is 10.5 Å². The van der Waals surface area contributed by atoms with Crippen LogP contribution in [0.3, 0.4) is 0 Å². The zero-order chi connectivity index (χ0) is 17.0. The molecular weight excluding hydrogens is 304 g/mol. The number of carbonyl (C=O) groups excluding carboxylic acids is 1. The van der Waals surface area contributed by atoms with Crippen molar-refractivity contribution in [3.8, 4) is 5.88 Å². The summed E-state index contributed by atoms with van der Waals surface area (Å²) in [7, 11) is 0. The third-order valence-electron chi connectivity index (χ3n) is 3.03. The fourth-order valence-electron chi connectivity index (χ4n) is 1.68. The van der Waals surface area contributed by atoms with Crippen molar-refractivity contribution in [2.75, 3.05) is 11.1 Å². The number of halogens is 2. The average molecular weight is 321 g/mol. The summed E-state index contributed by atoms with van der Waals surface area (Å²) >= 11 is 0. The van der Waals surface area contributed by atoms with Gasteiger partial charge in [-0.15, -0.1) is 0 Å². The number of ether oxygens (including phenoxy) is 1. The van der Waals surface area contributed by atoms with E-state index >= 15 is 0 Å². The van der Waals surface area contributed by atoms with Gasteiger partial charge in [0.05, 0.1) is 5.69 Å². The van der Waals surface area contributed by atoms with Crippen molar-refractivity contribution in [2.45, 2.75) is 20.5 Å². The molecule has 23 heavy (non-hydrogen) atoms. The summed E-state index contributed by atoms with van der Waals surface area (Å²) in [5.74, 6) is -1.93. The van der Waals surface area contributed by atoms with E-state index in [9.17, 15) is 13.6 Å². The number of nitrogens with two attached hydrogens (primary N) is 1. The van der Waals surface area contributed by atoms with Crippen LogP contribution in [0, 0.1) is 17.6 Å². The first kappa shape index (κ1) is 16.7. The maximum Gasteiger partial charge on any atom is 0.252 e. The van der Waals surface area contributed by atoms with Gasteiger partial charge in [-0.05, 0) is 17.7 Å². The van der Waals surface area contributed by atoms with Gasteiger partial charge in [-0.25, -0.2) is 8.78 Å². The van der Waals surface area contributed by atoms with Crippen LogP contribution in [0.4, 0.5) is 20.3 Å². The predicted molar refractivity (Wildman–Crippen MR) is 82.8 cm³/mol. The molecule has 7 heteroatoms. The van der Waals surface area contributed by atoms with E-state index in [1.807, 2.05) is 0 Å². The number of hydrogen-bond acceptors (Lipinski definition) is 4. The minimum Gasteiger partial charge on any atom is -0.471 e. The van der Waals surface area contributed by atoms with Gasteiger partial charge in [-0.2, -0.15) is 4.98 Å². The molecule has 2 rings (SSSR count). The summed E-state index contributed by atoms with van der Waals surface area (Å²) < 4.78 is 32.0. The minimum atomic E-state index is -0.743. The van der Waals surface area contributed by atoms with Gasteiger partial charge in [0, 0.05) is 12.0 Å². The Balaban J connectivity index is 2.14. The van der Waals surface area contributed by atoms with E-state index in [1.165, 1.54) is 24.3 Å². The first-order chi connectivity index (χ1) is 10.9. The van der Waals surface area contributed by atoms with Crippen molar-refractivity contribution in [3.63, 3.8) is 0 Å². The zero-order valence-corrected chi connectivity index (χ0v) is 12.8. The number of carbonyl (C=O) groups is 1. The van der Waals surface area contributed by atoms with E-state index < -0.39 is 5.82 Å². The van der Waals surface area contributed by atoms with Crippen molar-refractivity contribution in [2.24, 2.45) is 5.92 Å². The second kappa shape index (κ2) is 7.04. The summed E-state index contributed by atoms with van der Waals surface area (Å²) in [6.07, 6.45) is 0. The quantitative estimate of drug-likeness (QED) is 0.887. The Morgan fingerprint density at radius 2 is 1.96 bits per heavy atom. The third-order valence-corrected chi connectivity index (χ3v) is 3.03. The highest BCUT2D eigenvalue weighted by Gasteiger charge is 2.15. The first-order valence-electron chi connectivity index (χ1n) is 7.01. The van der Waals surface area contributed by atoms with Gasteiger partial charge in [0.2, 0.25) is 5.91 Å². The SMILES string of the molecule is CC(C)C(=O)Nc1nc(OCc2ccc(F)cc2)c(F)cc1N. The third kappa shape index (κ3) is 4.38. The molecular formula is C16H17F2N3O2. The van der Waals surface area contributed by atoms with Crippen LogP contribution in [0.25, 0.3) is 0 Å². The van der Waals surface area contributed by atoms with Crippen LogP contribution in [0.15, 0.2) is 30.3 Å². The molecule has 3 N–H and O–H groups in total. The van der Waals surface area contributed by atoms with Crippen molar-refractivity contribution in [1.82, 2.24) is 4.98 Å². The maximum absolute atomic E-state index is 13.9. The fraction of sp³-hybridized carbons (Fsp3) is 0.250. The topological polar surface area (TPSA) is 77.2 Å². The van der Waals surface area contributed by atoms with E-state index in [1.54, 1.807) is 13.8 Å². The standard InChI is InChI=1S/C16H17F2N3O2/c1-9(2)15(22)20-14-13(19)7-12(18)16(21-14)23-8-10-3-5-11(17)6-4-10/h3-7,9H,8,19H2,1-2H3,(H,20,21,22). The predicted octanol–water partition coefficient (Wildman–Crippen LogP) is 3.12. The molecule has 0 saturated carbocycles. The number of hydrogen-bond donors (Lipinski definition) is 2. The maximum atomic E-state index is 13.9. The molecule has 0 aliphatic heterocycles. The number of benzene rings is 1. The molecule has 0 aliphatic rings. The Morgan fingerprint density at radius 3 is 2.57 bits per heavy atom. The molecule has 1 heterocycles. The fourth-order valence-corrected chi connectivity index (χ4v) is 1.68. The van der Waals surface area contributed by atoms with Crippen LogP contribution >= 0.6 is 0 Å². The van der Waals surface area contributed by atoms with Crippen LogP contribution < -0.4 is 15.8 Å². The Bertz CT molecular complexity index is 703. The zero-order valence-electron chi connectivity index (χ0n) is 12.8. The van der Waals surface area contributed by atoms with Crippen molar-refractivity contribution >= 4 is 17.4 Å². The van der Waals surface area contributed by atoms with Crippen LogP contribution in [-0.2, 0) is 11.4 Å². The lowest BCUT2D eigenvalue weighted by atomic mass is 10.2. The van der Waals surface area contributed by atoms with Crippen molar-refractivity contribution < 1.29 is 18.3 Å². The van der Waals surface area contributed by atoms with Gasteiger partial charge in [-0.3, -0.25) is 4.79 Å². The van der Waals surface area contributed by atoms with E-state index in [0.717, 1.165) is 6.07 Å². The van der Waals surface area contributed by atoms with Crippen molar-refractivity contribution in [3.05, 3.63) is 47.5 Å². The second-order valence-corrected chi connectivity index (χ2v) is 5.27. The lowest BCUT2D eigenvalue weighted by molar-refractivity contribution is -0.118. The second-order valence-electron chi connectivity index (χ2n) is 5.27. The highest BCUT2D eigenvalue weighted by atomic mass is 19.1. The molecule has 1 amide bonds. The van der Waals surface area contributed by atoms with Gasteiger partial charge in [-0.1, -0.05) is 26.0 Å². The lowest BCUT2D eigenvalue weighted by Crippen LogP contribution is -2.20. The molecule has 0 atom stereocenters. The molecule has 0 radical (unpaired) electrons. The number of amides is 1. The Kier molecular flexibility index (Phi) is 5.10. The summed E-state index contributed by atoms with van der Waals surface area (Å²) in [6, 6.07) is 6.63.